The number of anilines is 2. The number of nitrogens with zero attached hydrogens (tertiary/aromatic N) is 2. The fraction of sp³-hybridized carbons (Fsp3) is 0.286. The van der Waals surface area contributed by atoms with Crippen LogP contribution in [0.2, 0.25) is 0 Å². The molecule has 0 amide bonds. The Labute approximate surface area is 97.5 Å². The molecule has 1 aromatic rings. The molecule has 1 aliphatic heterocycles. The first-order chi connectivity index (χ1) is 7.58. The van der Waals surface area contributed by atoms with Crippen LogP contribution in [0, 0.1) is 0 Å². The Hall–Kier alpha value is -1.70. The lowest BCUT2D eigenvalue weighted by atomic mass is 10.2. The van der Waals surface area contributed by atoms with Crippen molar-refractivity contribution in [2.45, 2.75) is 0 Å². The minimum absolute atomic E-state index is 0.903. The molecule has 1 fully saturated rings. The quantitative estimate of drug-likeness (QED) is 0.747. The van der Waals surface area contributed by atoms with Crippen molar-refractivity contribution in [1.29, 1.82) is 0 Å². The van der Waals surface area contributed by atoms with Gasteiger partial charge in [-0.1, -0.05) is 13.2 Å². The van der Waals surface area contributed by atoms with E-state index in [9.17, 15) is 0 Å². The van der Waals surface area contributed by atoms with Gasteiger partial charge in [0, 0.05) is 38.6 Å². The molecule has 16 heavy (non-hydrogen) atoms. The van der Waals surface area contributed by atoms with E-state index < -0.39 is 0 Å². The zero-order chi connectivity index (χ0) is 11.7. The minimum Gasteiger partial charge on any atom is -0.378 e. The average Bonchev–Trinajstić information content (AvgIpc) is 2.59. The van der Waals surface area contributed by atoms with Crippen LogP contribution in [0.4, 0.5) is 11.4 Å². The number of hydrogen-bond donors (Lipinski definition) is 0. The molecule has 0 radical (unpaired) electrons. The molecule has 2 rings (SSSR count). The Bertz CT molecular complexity index is 399. The molecule has 0 aromatic heterocycles. The molecule has 1 heterocycles. The highest BCUT2D eigenvalue weighted by atomic mass is 15.1. The summed E-state index contributed by atoms with van der Waals surface area (Å²) in [6.45, 7) is 9.82. The molecule has 0 unspecified atom stereocenters. The van der Waals surface area contributed by atoms with Crippen LogP contribution >= 0.6 is 0 Å². The Balaban J connectivity index is 2.17. The number of hydrogen-bond acceptors (Lipinski definition) is 2. The molecule has 0 bridgehead atoms. The monoisotopic (exact) mass is 214 g/mol. The van der Waals surface area contributed by atoms with Gasteiger partial charge in [-0.15, -0.1) is 0 Å². The summed E-state index contributed by atoms with van der Waals surface area (Å²) in [5.74, 6) is 0. The van der Waals surface area contributed by atoms with Gasteiger partial charge in [0.25, 0.3) is 0 Å². The van der Waals surface area contributed by atoms with Crippen molar-refractivity contribution in [2.75, 3.05) is 37.0 Å². The average molecular weight is 214 g/mol. The van der Waals surface area contributed by atoms with Crippen LogP contribution in [0.3, 0.4) is 0 Å². The van der Waals surface area contributed by atoms with E-state index in [1.807, 2.05) is 0 Å². The lowest BCUT2D eigenvalue weighted by Gasteiger charge is -2.19. The predicted octanol–water partition coefficient (Wildman–Crippen LogP) is 2.69. The van der Waals surface area contributed by atoms with Gasteiger partial charge in [-0.2, -0.15) is 0 Å². The second kappa shape index (κ2) is 4.05. The lowest BCUT2D eigenvalue weighted by molar-refractivity contribution is 1.01. The Morgan fingerprint density at radius 3 is 1.94 bits per heavy atom. The van der Waals surface area contributed by atoms with Gasteiger partial charge in [-0.05, 0) is 35.4 Å². The van der Waals surface area contributed by atoms with Crippen molar-refractivity contribution in [3.05, 3.63) is 48.6 Å². The largest absolute Gasteiger partial charge is 0.378 e. The van der Waals surface area contributed by atoms with Crippen molar-refractivity contribution in [3.8, 4) is 0 Å². The molecule has 2 heteroatoms. The minimum atomic E-state index is 0.903. The zero-order valence-corrected chi connectivity index (χ0v) is 10.0. The van der Waals surface area contributed by atoms with Crippen molar-refractivity contribution in [1.82, 2.24) is 0 Å². The van der Waals surface area contributed by atoms with Gasteiger partial charge in [0.15, 0.2) is 0 Å². The summed E-state index contributed by atoms with van der Waals surface area (Å²) in [5.41, 5.74) is 4.76. The van der Waals surface area contributed by atoms with E-state index in [0.717, 1.165) is 24.2 Å². The van der Waals surface area contributed by atoms with E-state index in [-0.39, 0.29) is 0 Å². The predicted molar refractivity (Wildman–Crippen MR) is 71.3 cm³/mol. The summed E-state index contributed by atoms with van der Waals surface area (Å²) in [6, 6.07) is 8.58. The van der Waals surface area contributed by atoms with Gasteiger partial charge >= 0.3 is 0 Å². The third-order valence-corrected chi connectivity index (χ3v) is 2.99. The van der Waals surface area contributed by atoms with E-state index in [0.29, 0.717) is 0 Å². The molecule has 0 spiro atoms. The molecule has 0 atom stereocenters. The fourth-order valence-electron chi connectivity index (χ4n) is 1.88. The normalized spacial score (nSPS) is 15.8. The summed E-state index contributed by atoms with van der Waals surface area (Å²) < 4.78 is 0. The lowest BCUT2D eigenvalue weighted by Crippen LogP contribution is -2.18. The van der Waals surface area contributed by atoms with Gasteiger partial charge in [0.2, 0.25) is 0 Å². The fourth-order valence-corrected chi connectivity index (χ4v) is 1.88. The van der Waals surface area contributed by atoms with Gasteiger partial charge < -0.3 is 9.80 Å². The number of rotatable bonds is 2. The Morgan fingerprint density at radius 1 is 1.00 bits per heavy atom. The van der Waals surface area contributed by atoms with Gasteiger partial charge in [0.05, 0.1) is 0 Å². The highest BCUT2D eigenvalue weighted by Gasteiger charge is 2.18. The topological polar surface area (TPSA) is 6.48 Å². The maximum atomic E-state index is 4.01. The van der Waals surface area contributed by atoms with E-state index >= 15 is 0 Å². The van der Waals surface area contributed by atoms with E-state index in [2.05, 4.69) is 61.3 Å². The van der Waals surface area contributed by atoms with Crippen LogP contribution in [0.5, 0.6) is 0 Å². The van der Waals surface area contributed by atoms with Crippen molar-refractivity contribution >= 4 is 11.4 Å². The second-order valence-electron chi connectivity index (χ2n) is 4.47. The van der Waals surface area contributed by atoms with Crippen molar-refractivity contribution in [3.63, 3.8) is 0 Å². The molecule has 1 aromatic carbocycles. The summed E-state index contributed by atoms with van der Waals surface area (Å²) in [6.07, 6.45) is 0. The summed E-state index contributed by atoms with van der Waals surface area (Å²) >= 11 is 0. The summed E-state index contributed by atoms with van der Waals surface area (Å²) in [7, 11) is 4.10. The molecule has 1 aliphatic rings. The molecule has 0 N–H and O–H groups in total. The maximum absolute atomic E-state index is 4.01. The van der Waals surface area contributed by atoms with Crippen LogP contribution in [0.15, 0.2) is 48.6 Å². The molecule has 2 nitrogen and oxygen atoms in total. The summed E-state index contributed by atoms with van der Waals surface area (Å²) in [4.78, 5) is 4.40. The first-order valence-corrected chi connectivity index (χ1v) is 5.46. The third-order valence-electron chi connectivity index (χ3n) is 2.99. The Morgan fingerprint density at radius 2 is 1.50 bits per heavy atom. The van der Waals surface area contributed by atoms with Gasteiger partial charge in [-0.3, -0.25) is 0 Å². The van der Waals surface area contributed by atoms with Crippen LogP contribution in [0.25, 0.3) is 0 Å². The van der Waals surface area contributed by atoms with E-state index in [1.165, 1.54) is 11.4 Å². The number of benzene rings is 1. The molecule has 1 saturated heterocycles. The van der Waals surface area contributed by atoms with Gasteiger partial charge in [0.1, 0.15) is 0 Å². The maximum Gasteiger partial charge on any atom is 0.0430 e. The highest BCUT2D eigenvalue weighted by molar-refractivity contribution is 5.60. The van der Waals surface area contributed by atoms with E-state index in [1.54, 1.807) is 0 Å². The molecule has 84 valence electrons. The van der Waals surface area contributed by atoms with Crippen LogP contribution in [0.1, 0.15) is 0 Å². The third kappa shape index (κ3) is 1.96. The van der Waals surface area contributed by atoms with Crippen LogP contribution in [-0.2, 0) is 0 Å². The first kappa shape index (κ1) is 10.8. The summed E-state index contributed by atoms with van der Waals surface area (Å²) in [5, 5.41) is 0. The standard InChI is InChI=1S/C14H18N2/c1-11-9-16(10-12(11)2)14-7-5-13(6-8-14)15(3)4/h5-8H,1-2,9-10H2,3-4H3. The van der Waals surface area contributed by atoms with Gasteiger partial charge in [-0.25, -0.2) is 0 Å². The van der Waals surface area contributed by atoms with E-state index in [4.69, 9.17) is 0 Å². The van der Waals surface area contributed by atoms with Crippen molar-refractivity contribution < 1.29 is 0 Å². The van der Waals surface area contributed by atoms with Crippen LogP contribution < -0.4 is 9.80 Å². The highest BCUT2D eigenvalue weighted by Crippen LogP contribution is 2.26. The second-order valence-corrected chi connectivity index (χ2v) is 4.47. The zero-order valence-electron chi connectivity index (χ0n) is 10.0. The SMILES string of the molecule is C=C1CN(c2ccc(N(C)C)cc2)CC1=C. The Kier molecular flexibility index (Phi) is 2.73. The molecular weight excluding hydrogens is 196 g/mol. The van der Waals surface area contributed by atoms with Crippen LogP contribution in [-0.4, -0.2) is 27.2 Å². The molecule has 0 saturated carbocycles. The first-order valence-electron chi connectivity index (χ1n) is 5.46. The molecule has 0 aliphatic carbocycles. The smallest absolute Gasteiger partial charge is 0.0430 e. The molecular formula is C14H18N2. The van der Waals surface area contributed by atoms with Crippen molar-refractivity contribution in [2.24, 2.45) is 0 Å².